The van der Waals surface area contributed by atoms with E-state index >= 15 is 0 Å². The number of unbranched alkanes of at least 4 members (excludes halogenated alkanes) is 2. The van der Waals surface area contributed by atoms with Crippen molar-refractivity contribution >= 4 is 5.97 Å². The summed E-state index contributed by atoms with van der Waals surface area (Å²) >= 11 is 0. The first-order valence-corrected chi connectivity index (χ1v) is 5.43. The van der Waals surface area contributed by atoms with Gasteiger partial charge >= 0.3 is 11.9 Å². The van der Waals surface area contributed by atoms with E-state index in [0.29, 0.717) is 6.42 Å². The SMILES string of the molecule is CCCCCC(C#CC(C)(F)F)OC(C)=O. The minimum absolute atomic E-state index is 0.491. The minimum atomic E-state index is -3.04. The molecular formula is C12H18F2O2. The maximum atomic E-state index is 12.5. The van der Waals surface area contributed by atoms with Crippen LogP contribution < -0.4 is 0 Å². The summed E-state index contributed by atoms with van der Waals surface area (Å²) in [5.41, 5.74) is 0. The summed E-state index contributed by atoms with van der Waals surface area (Å²) in [6.45, 7) is 4.00. The Hall–Kier alpha value is -1.11. The number of hydrogen-bond acceptors (Lipinski definition) is 2. The molecular weight excluding hydrogens is 214 g/mol. The highest BCUT2D eigenvalue weighted by Gasteiger charge is 2.17. The first kappa shape index (κ1) is 14.9. The highest BCUT2D eigenvalue weighted by atomic mass is 19.3. The molecule has 0 heterocycles. The molecule has 0 N–H and O–H groups in total. The summed E-state index contributed by atoms with van der Waals surface area (Å²) in [4.78, 5) is 10.7. The van der Waals surface area contributed by atoms with Crippen molar-refractivity contribution in [1.29, 1.82) is 0 Å². The van der Waals surface area contributed by atoms with Gasteiger partial charge < -0.3 is 4.74 Å². The molecule has 2 nitrogen and oxygen atoms in total. The van der Waals surface area contributed by atoms with E-state index in [1.165, 1.54) is 6.92 Å². The van der Waals surface area contributed by atoms with Crippen molar-refractivity contribution in [3.05, 3.63) is 0 Å². The molecule has 0 radical (unpaired) electrons. The number of halogens is 2. The lowest BCUT2D eigenvalue weighted by molar-refractivity contribution is -0.144. The van der Waals surface area contributed by atoms with E-state index in [1.807, 2.05) is 6.92 Å². The van der Waals surface area contributed by atoms with Crippen molar-refractivity contribution < 1.29 is 18.3 Å². The van der Waals surface area contributed by atoms with Gasteiger partial charge in [0.2, 0.25) is 0 Å². The predicted molar refractivity (Wildman–Crippen MR) is 58.1 cm³/mol. The van der Waals surface area contributed by atoms with E-state index in [-0.39, 0.29) is 0 Å². The molecule has 0 aromatic carbocycles. The predicted octanol–water partition coefficient (Wildman–Crippen LogP) is 3.16. The number of alkyl halides is 2. The van der Waals surface area contributed by atoms with Crippen LogP contribution in [0.5, 0.6) is 0 Å². The normalized spacial score (nSPS) is 12.6. The van der Waals surface area contributed by atoms with Crippen molar-refractivity contribution in [2.24, 2.45) is 0 Å². The van der Waals surface area contributed by atoms with E-state index in [2.05, 4.69) is 5.92 Å². The molecule has 0 amide bonds. The lowest BCUT2D eigenvalue weighted by Gasteiger charge is -2.10. The second-order valence-corrected chi connectivity index (χ2v) is 3.75. The van der Waals surface area contributed by atoms with Crippen molar-refractivity contribution in [2.45, 2.75) is 58.5 Å². The zero-order valence-electron chi connectivity index (χ0n) is 9.98. The quantitative estimate of drug-likeness (QED) is 0.413. The first-order valence-electron chi connectivity index (χ1n) is 5.43. The summed E-state index contributed by atoms with van der Waals surface area (Å²) < 4.78 is 29.8. The second-order valence-electron chi connectivity index (χ2n) is 3.75. The van der Waals surface area contributed by atoms with Gasteiger partial charge in [-0.3, -0.25) is 4.79 Å². The van der Waals surface area contributed by atoms with Crippen LogP contribution in [0.25, 0.3) is 0 Å². The summed E-state index contributed by atoms with van der Waals surface area (Å²) in [5.74, 6) is 0.571. The summed E-state index contributed by atoms with van der Waals surface area (Å²) in [5, 5.41) is 0. The smallest absolute Gasteiger partial charge is 0.305 e. The van der Waals surface area contributed by atoms with Crippen LogP contribution in [0.2, 0.25) is 0 Å². The molecule has 0 aliphatic heterocycles. The van der Waals surface area contributed by atoms with Gasteiger partial charge in [-0.25, -0.2) is 0 Å². The molecule has 0 saturated carbocycles. The van der Waals surface area contributed by atoms with E-state index in [4.69, 9.17) is 4.74 Å². The fraction of sp³-hybridized carbons (Fsp3) is 0.750. The van der Waals surface area contributed by atoms with Crippen LogP contribution in [-0.4, -0.2) is 18.0 Å². The van der Waals surface area contributed by atoms with Gasteiger partial charge in [0.1, 0.15) is 0 Å². The Kier molecular flexibility index (Phi) is 6.71. The molecule has 0 rings (SSSR count). The molecule has 0 bridgehead atoms. The van der Waals surface area contributed by atoms with Crippen LogP contribution >= 0.6 is 0 Å². The maximum absolute atomic E-state index is 12.5. The highest BCUT2D eigenvalue weighted by molar-refractivity contribution is 5.66. The van der Waals surface area contributed by atoms with Crippen molar-refractivity contribution in [3.8, 4) is 11.8 Å². The molecule has 1 unspecified atom stereocenters. The number of carbonyl (C=O) groups is 1. The Labute approximate surface area is 95.4 Å². The molecule has 16 heavy (non-hydrogen) atoms. The number of carbonyl (C=O) groups excluding carboxylic acids is 1. The fourth-order valence-electron chi connectivity index (χ4n) is 1.15. The lowest BCUT2D eigenvalue weighted by atomic mass is 10.1. The average molecular weight is 232 g/mol. The standard InChI is InChI=1S/C12H18F2O2/c1-4-5-6-7-11(16-10(2)15)8-9-12(3,13)14/h11H,4-7H2,1-3H3. The number of ether oxygens (including phenoxy) is 1. The van der Waals surface area contributed by atoms with Crippen LogP contribution in [0.3, 0.4) is 0 Å². The van der Waals surface area contributed by atoms with Gasteiger partial charge in [0.05, 0.1) is 0 Å². The van der Waals surface area contributed by atoms with E-state index in [1.54, 1.807) is 5.92 Å². The van der Waals surface area contributed by atoms with Crippen molar-refractivity contribution in [1.82, 2.24) is 0 Å². The zero-order valence-corrected chi connectivity index (χ0v) is 9.98. The summed E-state index contributed by atoms with van der Waals surface area (Å²) in [6, 6.07) is 0. The fourth-order valence-corrected chi connectivity index (χ4v) is 1.15. The Balaban J connectivity index is 4.29. The number of esters is 1. The molecule has 0 spiro atoms. The van der Waals surface area contributed by atoms with E-state index in [0.717, 1.165) is 26.2 Å². The zero-order chi connectivity index (χ0) is 12.6. The van der Waals surface area contributed by atoms with Crippen LogP contribution in [0, 0.1) is 11.8 Å². The maximum Gasteiger partial charge on any atom is 0.305 e. The monoisotopic (exact) mass is 232 g/mol. The van der Waals surface area contributed by atoms with E-state index in [9.17, 15) is 13.6 Å². The lowest BCUT2D eigenvalue weighted by Crippen LogP contribution is -2.16. The Morgan fingerprint density at radius 3 is 2.50 bits per heavy atom. The van der Waals surface area contributed by atoms with Gasteiger partial charge in [-0.15, -0.1) is 0 Å². The van der Waals surface area contributed by atoms with Crippen LogP contribution in [0.4, 0.5) is 8.78 Å². The highest BCUT2D eigenvalue weighted by Crippen LogP contribution is 2.11. The molecule has 92 valence electrons. The topological polar surface area (TPSA) is 26.3 Å². The minimum Gasteiger partial charge on any atom is -0.449 e. The van der Waals surface area contributed by atoms with Crippen LogP contribution in [0.1, 0.15) is 46.5 Å². The van der Waals surface area contributed by atoms with Gasteiger partial charge in [-0.1, -0.05) is 25.7 Å². The Morgan fingerprint density at radius 1 is 1.44 bits per heavy atom. The van der Waals surface area contributed by atoms with Crippen LogP contribution in [0.15, 0.2) is 0 Å². The third-order valence-corrected chi connectivity index (χ3v) is 1.83. The summed E-state index contributed by atoms with van der Waals surface area (Å²) in [6.07, 6.45) is 2.61. The Morgan fingerprint density at radius 2 is 2.06 bits per heavy atom. The molecule has 0 fully saturated rings. The van der Waals surface area contributed by atoms with Gasteiger partial charge in [0, 0.05) is 13.8 Å². The molecule has 4 heteroatoms. The third-order valence-electron chi connectivity index (χ3n) is 1.83. The van der Waals surface area contributed by atoms with Crippen LogP contribution in [-0.2, 0) is 9.53 Å². The largest absolute Gasteiger partial charge is 0.449 e. The first-order chi connectivity index (χ1) is 7.35. The van der Waals surface area contributed by atoms with Crippen molar-refractivity contribution in [2.75, 3.05) is 0 Å². The number of rotatable bonds is 5. The molecule has 0 saturated heterocycles. The van der Waals surface area contributed by atoms with Gasteiger partial charge in [-0.05, 0) is 18.8 Å². The Bertz CT molecular complexity index is 271. The van der Waals surface area contributed by atoms with Gasteiger partial charge in [0.25, 0.3) is 0 Å². The second kappa shape index (κ2) is 7.21. The molecule has 0 aliphatic rings. The van der Waals surface area contributed by atoms with Gasteiger partial charge in [-0.2, -0.15) is 8.78 Å². The molecule has 1 atom stereocenters. The summed E-state index contributed by atoms with van der Waals surface area (Å²) in [7, 11) is 0. The van der Waals surface area contributed by atoms with Gasteiger partial charge in [0.15, 0.2) is 6.10 Å². The molecule has 0 aliphatic carbocycles. The third kappa shape index (κ3) is 9.45. The van der Waals surface area contributed by atoms with E-state index < -0.39 is 18.0 Å². The molecule has 0 aromatic rings. The van der Waals surface area contributed by atoms with Crippen molar-refractivity contribution in [3.63, 3.8) is 0 Å². The molecule has 0 aromatic heterocycles. The number of hydrogen-bond donors (Lipinski definition) is 0. The average Bonchev–Trinajstić information content (AvgIpc) is 2.12.